The lowest BCUT2D eigenvalue weighted by Crippen LogP contribution is -2.36. The van der Waals surface area contributed by atoms with E-state index < -0.39 is 0 Å². The number of nitrogens with zero attached hydrogens (tertiary/aromatic N) is 4. The molecule has 4 nitrogen and oxygen atoms in total. The summed E-state index contributed by atoms with van der Waals surface area (Å²) >= 11 is 0. The van der Waals surface area contributed by atoms with Crippen molar-refractivity contribution in [2.24, 2.45) is 0 Å². The average Bonchev–Trinajstić information content (AvgIpc) is 3.10. The van der Waals surface area contributed by atoms with E-state index in [1.54, 1.807) is 0 Å². The molecule has 7 aromatic rings. The Kier molecular flexibility index (Phi) is 7.08. The fourth-order valence-corrected chi connectivity index (χ4v) is 5.70. The number of benzene rings is 3. The third kappa shape index (κ3) is 5.22. The molecular weight excluding hydrogens is 524 g/mol. The zero-order valence-electron chi connectivity index (χ0n) is 23.8. The van der Waals surface area contributed by atoms with Crippen LogP contribution in [0.2, 0.25) is 0 Å². The molecule has 0 aliphatic heterocycles. The van der Waals surface area contributed by atoms with Crippen molar-refractivity contribution < 1.29 is 4.57 Å². The molecule has 0 unspecified atom stereocenters. The first-order valence-electron chi connectivity index (χ1n) is 14.3. The second-order valence-corrected chi connectivity index (χ2v) is 10.5. The number of rotatable bonds is 6. The Hall–Kier alpha value is -5.74. The molecule has 43 heavy (non-hydrogen) atoms. The van der Waals surface area contributed by atoms with Gasteiger partial charge in [0, 0.05) is 83.7 Å². The van der Waals surface area contributed by atoms with Crippen molar-refractivity contribution in [2.75, 3.05) is 0 Å². The maximum absolute atomic E-state index is 4.46. The van der Waals surface area contributed by atoms with E-state index in [-0.39, 0.29) is 0 Å². The molecule has 4 heterocycles. The minimum Gasteiger partial charge on any atom is -0.265 e. The molecule has 204 valence electrons. The first-order chi connectivity index (χ1) is 21.3. The van der Waals surface area contributed by atoms with Gasteiger partial charge in [-0.2, -0.15) is 4.57 Å². The van der Waals surface area contributed by atoms with Crippen molar-refractivity contribution in [3.63, 3.8) is 0 Å². The molecule has 0 atom stereocenters. The Balaban J connectivity index is 1.60. The predicted octanol–water partition coefficient (Wildman–Crippen LogP) is 8.79. The lowest BCUT2D eigenvalue weighted by molar-refractivity contribution is -0.572. The van der Waals surface area contributed by atoms with Crippen molar-refractivity contribution >= 4 is 0 Å². The highest BCUT2D eigenvalue weighted by Gasteiger charge is 2.27. The molecule has 4 aromatic heterocycles. The van der Waals surface area contributed by atoms with Gasteiger partial charge in [-0.1, -0.05) is 48.5 Å². The maximum atomic E-state index is 4.46. The molecule has 0 aliphatic rings. The molecule has 0 N–H and O–H groups in total. The molecule has 0 radical (unpaired) electrons. The first kappa shape index (κ1) is 26.2. The molecule has 0 amide bonds. The van der Waals surface area contributed by atoms with Gasteiger partial charge in [0.1, 0.15) is 0 Å². The van der Waals surface area contributed by atoms with Gasteiger partial charge >= 0.3 is 0 Å². The smallest absolute Gasteiger partial charge is 0.219 e. The summed E-state index contributed by atoms with van der Waals surface area (Å²) in [6.45, 7) is 2.18. The number of hydrogen-bond donors (Lipinski definition) is 0. The van der Waals surface area contributed by atoms with Gasteiger partial charge in [0.05, 0.1) is 0 Å². The summed E-state index contributed by atoms with van der Waals surface area (Å²) in [5, 5.41) is 0. The molecule has 0 bridgehead atoms. The van der Waals surface area contributed by atoms with Gasteiger partial charge in [0.25, 0.3) is 0 Å². The molecule has 7 rings (SSSR count). The summed E-state index contributed by atoms with van der Waals surface area (Å²) in [5.74, 6) is 0. The van der Waals surface area contributed by atoms with Crippen LogP contribution in [0.15, 0.2) is 159 Å². The van der Waals surface area contributed by atoms with Gasteiger partial charge in [0.15, 0.2) is 0 Å². The van der Waals surface area contributed by atoms with E-state index in [0.717, 1.165) is 61.6 Å². The number of hydrogen-bond acceptors (Lipinski definition) is 3. The van der Waals surface area contributed by atoms with Crippen molar-refractivity contribution in [2.45, 2.75) is 6.92 Å². The molecule has 0 fully saturated rings. The van der Waals surface area contributed by atoms with Crippen LogP contribution in [0.5, 0.6) is 0 Å². The second-order valence-electron chi connectivity index (χ2n) is 10.5. The van der Waals surface area contributed by atoms with E-state index in [9.17, 15) is 0 Å². The summed E-state index contributed by atoms with van der Waals surface area (Å²) in [5.41, 5.74) is 13.3. The van der Waals surface area contributed by atoms with Gasteiger partial charge in [-0.25, -0.2) is 0 Å². The Morgan fingerprint density at radius 2 is 0.907 bits per heavy atom. The molecule has 0 spiro atoms. The summed E-state index contributed by atoms with van der Waals surface area (Å²) < 4.78 is 2.38. The Bertz CT molecular complexity index is 1870. The van der Waals surface area contributed by atoms with Crippen LogP contribution < -0.4 is 4.57 Å². The van der Waals surface area contributed by atoms with Crippen LogP contribution in [-0.4, -0.2) is 15.0 Å². The monoisotopic (exact) mass is 553 g/mol. The third-order valence-electron chi connectivity index (χ3n) is 7.81. The lowest BCUT2D eigenvalue weighted by atomic mass is 9.92. The van der Waals surface area contributed by atoms with E-state index in [0.29, 0.717) is 0 Å². The zero-order valence-corrected chi connectivity index (χ0v) is 23.8. The standard InChI is InChI=1S/C39H29N4/c1-28-36(32-14-8-18-41-26-32)24-35(25-37(28)33-15-9-19-42-27-33)43-38(30-10-4-2-5-11-30)22-34(29-16-20-40-21-17-29)23-39(43)31-12-6-3-7-13-31/h2-27H,1H3/q+1. The van der Waals surface area contributed by atoms with Crippen molar-refractivity contribution in [1.29, 1.82) is 0 Å². The Morgan fingerprint density at radius 1 is 0.419 bits per heavy atom. The number of aromatic nitrogens is 4. The molecule has 0 saturated carbocycles. The summed E-state index contributed by atoms with van der Waals surface area (Å²) in [6, 6.07) is 42.7. The van der Waals surface area contributed by atoms with Crippen molar-refractivity contribution in [3.05, 3.63) is 164 Å². The van der Waals surface area contributed by atoms with Crippen LogP contribution in [0.3, 0.4) is 0 Å². The van der Waals surface area contributed by atoms with Crippen molar-refractivity contribution in [3.8, 4) is 61.6 Å². The minimum absolute atomic E-state index is 1.06. The Labute approximate surface area is 251 Å². The van der Waals surface area contributed by atoms with Crippen LogP contribution in [0.1, 0.15) is 5.56 Å². The van der Waals surface area contributed by atoms with E-state index in [2.05, 4.69) is 136 Å². The quantitative estimate of drug-likeness (QED) is 0.193. The van der Waals surface area contributed by atoms with Gasteiger partial charge in [-0.3, -0.25) is 15.0 Å². The van der Waals surface area contributed by atoms with Crippen molar-refractivity contribution in [1.82, 2.24) is 15.0 Å². The first-order valence-corrected chi connectivity index (χ1v) is 14.3. The van der Waals surface area contributed by atoms with E-state index in [4.69, 9.17) is 0 Å². The highest BCUT2D eigenvalue weighted by atomic mass is 15.0. The van der Waals surface area contributed by atoms with E-state index >= 15 is 0 Å². The van der Waals surface area contributed by atoms with Crippen LogP contribution in [-0.2, 0) is 0 Å². The lowest BCUT2D eigenvalue weighted by Gasteiger charge is -2.16. The van der Waals surface area contributed by atoms with Gasteiger partial charge < -0.3 is 0 Å². The van der Waals surface area contributed by atoms with Gasteiger partial charge in [-0.05, 0) is 83.3 Å². The summed E-state index contributed by atoms with van der Waals surface area (Å²) in [4.78, 5) is 13.2. The topological polar surface area (TPSA) is 42.5 Å². The fraction of sp³-hybridized carbons (Fsp3) is 0.0256. The van der Waals surface area contributed by atoms with E-state index in [1.807, 2.05) is 49.3 Å². The highest BCUT2D eigenvalue weighted by molar-refractivity contribution is 5.81. The minimum atomic E-state index is 1.06. The van der Waals surface area contributed by atoms with Crippen LogP contribution in [0.4, 0.5) is 0 Å². The van der Waals surface area contributed by atoms with Gasteiger partial charge in [0.2, 0.25) is 17.1 Å². The van der Waals surface area contributed by atoms with Crippen LogP contribution in [0, 0.1) is 6.92 Å². The second kappa shape index (κ2) is 11.6. The average molecular weight is 554 g/mol. The highest BCUT2D eigenvalue weighted by Crippen LogP contribution is 2.36. The fourth-order valence-electron chi connectivity index (χ4n) is 5.70. The Morgan fingerprint density at radius 3 is 1.37 bits per heavy atom. The normalized spacial score (nSPS) is 10.9. The maximum Gasteiger partial charge on any atom is 0.219 e. The summed E-state index contributed by atoms with van der Waals surface area (Å²) in [7, 11) is 0. The predicted molar refractivity (Wildman–Crippen MR) is 173 cm³/mol. The zero-order chi connectivity index (χ0) is 29.0. The SMILES string of the molecule is Cc1c(-c2cccnc2)cc(-[n+]2c(-c3ccccc3)cc(-c3ccncc3)cc2-c2ccccc2)cc1-c1cccnc1. The van der Waals surface area contributed by atoms with Gasteiger partial charge in [-0.15, -0.1) is 0 Å². The molecule has 0 aliphatic carbocycles. The van der Waals surface area contributed by atoms with Crippen LogP contribution in [0.25, 0.3) is 61.6 Å². The third-order valence-corrected chi connectivity index (χ3v) is 7.81. The number of pyridine rings is 4. The summed E-state index contributed by atoms with van der Waals surface area (Å²) in [6.07, 6.45) is 11.2. The molecule has 4 heteroatoms. The molecular formula is C39H29N4+. The van der Waals surface area contributed by atoms with Crippen LogP contribution >= 0.6 is 0 Å². The molecule has 0 saturated heterocycles. The van der Waals surface area contributed by atoms with E-state index in [1.165, 1.54) is 5.56 Å². The largest absolute Gasteiger partial charge is 0.265 e. The molecule has 3 aromatic carbocycles.